The van der Waals surface area contributed by atoms with Gasteiger partial charge in [0.2, 0.25) is 5.91 Å². The lowest BCUT2D eigenvalue weighted by molar-refractivity contribution is -0.131. The van der Waals surface area contributed by atoms with Crippen LogP contribution in [-0.4, -0.2) is 35.7 Å². The van der Waals surface area contributed by atoms with Crippen LogP contribution in [0.5, 0.6) is 0 Å². The van der Waals surface area contributed by atoms with Gasteiger partial charge in [0.05, 0.1) is 0 Å². The summed E-state index contributed by atoms with van der Waals surface area (Å²) in [5.74, 6) is -1.15. The predicted molar refractivity (Wildman–Crippen MR) is 107 cm³/mol. The Labute approximate surface area is 164 Å². The van der Waals surface area contributed by atoms with Gasteiger partial charge in [0.1, 0.15) is 5.70 Å². The third kappa shape index (κ3) is 4.85. The first kappa shape index (κ1) is 19.4. The smallest absolute Gasteiger partial charge is 0.270 e. The maximum Gasteiger partial charge on any atom is 0.270 e. The molecule has 3 N–H and O–H groups in total. The SMILES string of the molecule is NC(=O)C1CCN(C(=O)/C(=C\c2ccccc2)NC(=O)c2ccccc2)CC1. The summed E-state index contributed by atoms with van der Waals surface area (Å²) in [7, 11) is 0. The summed E-state index contributed by atoms with van der Waals surface area (Å²) in [6, 6.07) is 18.1. The van der Waals surface area contributed by atoms with Crippen molar-refractivity contribution in [1.29, 1.82) is 0 Å². The van der Waals surface area contributed by atoms with Gasteiger partial charge < -0.3 is 16.0 Å². The average Bonchev–Trinajstić information content (AvgIpc) is 2.74. The topological polar surface area (TPSA) is 92.5 Å². The number of likely N-dealkylation sites (tertiary alicyclic amines) is 1. The van der Waals surface area contributed by atoms with Gasteiger partial charge in [0.25, 0.3) is 11.8 Å². The van der Waals surface area contributed by atoms with Gasteiger partial charge in [-0.2, -0.15) is 0 Å². The lowest BCUT2D eigenvalue weighted by Gasteiger charge is -2.31. The van der Waals surface area contributed by atoms with E-state index in [0.717, 1.165) is 5.56 Å². The van der Waals surface area contributed by atoms with Crippen LogP contribution in [-0.2, 0) is 9.59 Å². The van der Waals surface area contributed by atoms with Crippen LogP contribution in [0.3, 0.4) is 0 Å². The van der Waals surface area contributed by atoms with E-state index in [4.69, 9.17) is 5.73 Å². The molecule has 28 heavy (non-hydrogen) atoms. The summed E-state index contributed by atoms with van der Waals surface area (Å²) in [6.45, 7) is 0.861. The molecule has 0 spiro atoms. The van der Waals surface area contributed by atoms with Gasteiger partial charge in [0.15, 0.2) is 0 Å². The Morgan fingerprint density at radius 2 is 1.50 bits per heavy atom. The number of carbonyl (C=O) groups is 3. The summed E-state index contributed by atoms with van der Waals surface area (Å²) >= 11 is 0. The van der Waals surface area contributed by atoms with Gasteiger partial charge in [0, 0.05) is 24.6 Å². The first-order valence-corrected chi connectivity index (χ1v) is 9.26. The molecule has 0 unspecified atom stereocenters. The molecule has 0 radical (unpaired) electrons. The van der Waals surface area contributed by atoms with Crippen LogP contribution in [0.2, 0.25) is 0 Å². The molecule has 0 bridgehead atoms. The summed E-state index contributed by atoms with van der Waals surface area (Å²) in [5, 5.41) is 2.75. The highest BCUT2D eigenvalue weighted by atomic mass is 16.2. The van der Waals surface area contributed by atoms with Gasteiger partial charge in [-0.25, -0.2) is 0 Å². The van der Waals surface area contributed by atoms with Crippen LogP contribution in [0.4, 0.5) is 0 Å². The number of nitrogens with two attached hydrogens (primary N) is 1. The second-order valence-corrected chi connectivity index (χ2v) is 6.76. The zero-order chi connectivity index (χ0) is 19.9. The first-order valence-electron chi connectivity index (χ1n) is 9.26. The summed E-state index contributed by atoms with van der Waals surface area (Å²) in [5.41, 5.74) is 6.86. The maximum atomic E-state index is 13.1. The van der Waals surface area contributed by atoms with E-state index in [-0.39, 0.29) is 29.3 Å². The standard InChI is InChI=1S/C22H23N3O3/c23-20(26)17-11-13-25(14-12-17)22(28)19(15-16-7-3-1-4-8-16)24-21(27)18-9-5-2-6-10-18/h1-10,15,17H,11-14H2,(H2,23,26)(H,24,27)/b19-15+. The molecule has 0 aromatic heterocycles. The molecule has 0 aliphatic carbocycles. The number of carbonyl (C=O) groups excluding carboxylic acids is 3. The lowest BCUT2D eigenvalue weighted by Crippen LogP contribution is -2.44. The van der Waals surface area contributed by atoms with Crippen LogP contribution in [0, 0.1) is 5.92 Å². The number of amides is 3. The lowest BCUT2D eigenvalue weighted by atomic mass is 9.96. The molecule has 0 atom stereocenters. The average molecular weight is 377 g/mol. The molecule has 0 saturated carbocycles. The molecule has 1 aliphatic heterocycles. The molecule has 6 heteroatoms. The van der Waals surface area contributed by atoms with Gasteiger partial charge in [-0.15, -0.1) is 0 Å². The predicted octanol–water partition coefficient (Wildman–Crippen LogP) is 2.18. The fourth-order valence-corrected chi connectivity index (χ4v) is 3.19. The highest BCUT2D eigenvalue weighted by Gasteiger charge is 2.28. The van der Waals surface area contributed by atoms with Crippen molar-refractivity contribution in [2.75, 3.05) is 13.1 Å². The largest absolute Gasteiger partial charge is 0.369 e. The van der Waals surface area contributed by atoms with E-state index < -0.39 is 0 Å². The Morgan fingerprint density at radius 3 is 2.07 bits per heavy atom. The number of nitrogens with zero attached hydrogens (tertiary/aromatic N) is 1. The van der Waals surface area contributed by atoms with Crippen molar-refractivity contribution in [3.63, 3.8) is 0 Å². The molecular formula is C22H23N3O3. The molecule has 3 rings (SSSR count). The van der Waals surface area contributed by atoms with E-state index in [1.165, 1.54) is 0 Å². The van der Waals surface area contributed by atoms with Gasteiger partial charge in [-0.3, -0.25) is 14.4 Å². The monoisotopic (exact) mass is 377 g/mol. The molecule has 144 valence electrons. The normalized spacial score (nSPS) is 15.1. The Bertz CT molecular complexity index is 870. The van der Waals surface area contributed by atoms with Crippen molar-refractivity contribution < 1.29 is 14.4 Å². The van der Waals surface area contributed by atoms with Crippen molar-refractivity contribution in [3.8, 4) is 0 Å². The fourth-order valence-electron chi connectivity index (χ4n) is 3.19. The number of hydrogen-bond acceptors (Lipinski definition) is 3. The van der Waals surface area contributed by atoms with Crippen molar-refractivity contribution in [3.05, 3.63) is 77.5 Å². The minimum absolute atomic E-state index is 0.204. The molecule has 3 amide bonds. The summed E-state index contributed by atoms with van der Waals surface area (Å²) < 4.78 is 0. The van der Waals surface area contributed by atoms with Gasteiger partial charge >= 0.3 is 0 Å². The summed E-state index contributed by atoms with van der Waals surface area (Å²) in [4.78, 5) is 38.7. The molecule has 1 saturated heterocycles. The maximum absolute atomic E-state index is 13.1. The first-order chi connectivity index (χ1) is 13.5. The van der Waals surface area contributed by atoms with E-state index in [9.17, 15) is 14.4 Å². The van der Waals surface area contributed by atoms with Crippen LogP contribution in [0.15, 0.2) is 66.4 Å². The third-order valence-electron chi connectivity index (χ3n) is 4.81. The van der Waals surface area contributed by atoms with Crippen LogP contribution in [0.1, 0.15) is 28.8 Å². The van der Waals surface area contributed by atoms with Crippen molar-refractivity contribution in [1.82, 2.24) is 10.2 Å². The minimum atomic E-state index is -0.344. The van der Waals surface area contributed by atoms with Crippen LogP contribution in [0.25, 0.3) is 6.08 Å². The minimum Gasteiger partial charge on any atom is -0.369 e. The summed E-state index contributed by atoms with van der Waals surface area (Å²) in [6.07, 6.45) is 2.74. The second-order valence-electron chi connectivity index (χ2n) is 6.76. The molecule has 1 aliphatic rings. The van der Waals surface area contributed by atoms with E-state index in [1.807, 2.05) is 36.4 Å². The van der Waals surface area contributed by atoms with E-state index in [0.29, 0.717) is 31.5 Å². The van der Waals surface area contributed by atoms with Gasteiger partial charge in [-0.1, -0.05) is 48.5 Å². The Balaban J connectivity index is 1.80. The Kier molecular flexibility index (Phi) is 6.22. The number of rotatable bonds is 5. The third-order valence-corrected chi connectivity index (χ3v) is 4.81. The molecular weight excluding hydrogens is 354 g/mol. The number of primary amides is 1. The highest BCUT2D eigenvalue weighted by Crippen LogP contribution is 2.19. The molecule has 6 nitrogen and oxygen atoms in total. The Morgan fingerprint density at radius 1 is 0.929 bits per heavy atom. The van der Waals surface area contributed by atoms with Crippen molar-refractivity contribution in [2.45, 2.75) is 12.8 Å². The van der Waals surface area contributed by atoms with Crippen molar-refractivity contribution in [2.24, 2.45) is 11.7 Å². The van der Waals surface area contributed by atoms with E-state index in [1.54, 1.807) is 35.2 Å². The number of hydrogen-bond donors (Lipinski definition) is 2. The van der Waals surface area contributed by atoms with Crippen molar-refractivity contribution >= 4 is 23.8 Å². The number of nitrogens with one attached hydrogen (secondary N) is 1. The zero-order valence-corrected chi connectivity index (χ0v) is 15.5. The highest BCUT2D eigenvalue weighted by molar-refractivity contribution is 6.05. The molecule has 2 aromatic carbocycles. The molecule has 2 aromatic rings. The Hall–Kier alpha value is -3.41. The quantitative estimate of drug-likeness (QED) is 0.782. The van der Waals surface area contributed by atoms with E-state index >= 15 is 0 Å². The zero-order valence-electron chi connectivity index (χ0n) is 15.5. The molecule has 1 heterocycles. The second kappa shape index (κ2) is 8.99. The van der Waals surface area contributed by atoms with Crippen LogP contribution < -0.4 is 11.1 Å². The fraction of sp³-hybridized carbons (Fsp3) is 0.227. The van der Waals surface area contributed by atoms with E-state index in [2.05, 4.69) is 5.32 Å². The molecule has 1 fully saturated rings. The number of piperidine rings is 1. The van der Waals surface area contributed by atoms with Crippen LogP contribution >= 0.6 is 0 Å². The van der Waals surface area contributed by atoms with Gasteiger partial charge in [-0.05, 0) is 36.6 Å². The number of benzene rings is 2.